The molecule has 1 heteroatoms. The second-order valence-electron chi connectivity index (χ2n) is 6.76. The summed E-state index contributed by atoms with van der Waals surface area (Å²) in [6.45, 7) is 0. The van der Waals surface area contributed by atoms with Gasteiger partial charge >= 0.3 is 0 Å². The summed E-state index contributed by atoms with van der Waals surface area (Å²) >= 11 is 0. The number of rotatable bonds is 3. The third-order valence-corrected chi connectivity index (χ3v) is 5.33. The van der Waals surface area contributed by atoms with Crippen LogP contribution in [0.3, 0.4) is 0 Å². The highest BCUT2D eigenvalue weighted by molar-refractivity contribution is 5.20. The van der Waals surface area contributed by atoms with Crippen LogP contribution in [0.5, 0.6) is 0 Å². The molecule has 0 spiro atoms. The summed E-state index contributed by atoms with van der Waals surface area (Å²) in [7, 11) is 0. The van der Waals surface area contributed by atoms with Crippen LogP contribution in [0.4, 0.5) is 0 Å². The average Bonchev–Trinajstić information content (AvgIpc) is 2.93. The number of hydrogen-bond acceptors (Lipinski definition) is 1. The molecule has 0 radical (unpaired) electrons. The second kappa shape index (κ2) is 5.66. The van der Waals surface area contributed by atoms with Crippen LogP contribution >= 0.6 is 0 Å². The fourth-order valence-corrected chi connectivity index (χ4v) is 4.17. The molecule has 2 fully saturated rings. The number of benzene rings is 1. The topological polar surface area (TPSA) is 20.2 Å². The van der Waals surface area contributed by atoms with Crippen LogP contribution in [-0.2, 0) is 0 Å². The van der Waals surface area contributed by atoms with Gasteiger partial charge < -0.3 is 5.11 Å². The monoisotopic (exact) mass is 258 g/mol. The molecule has 0 amide bonds. The Morgan fingerprint density at radius 3 is 2.21 bits per heavy atom. The minimum atomic E-state index is -0.347. The molecule has 1 nitrogen and oxygen atoms in total. The van der Waals surface area contributed by atoms with Crippen molar-refractivity contribution >= 4 is 0 Å². The summed E-state index contributed by atoms with van der Waals surface area (Å²) in [6.07, 6.45) is 10.9. The van der Waals surface area contributed by atoms with E-state index in [4.69, 9.17) is 0 Å². The first-order valence-electron chi connectivity index (χ1n) is 8.02. The van der Waals surface area contributed by atoms with Crippen LogP contribution in [0.15, 0.2) is 30.3 Å². The molecule has 0 saturated heterocycles. The van der Waals surface area contributed by atoms with E-state index in [-0.39, 0.29) is 5.60 Å². The molecule has 2 aliphatic rings. The van der Waals surface area contributed by atoms with Crippen molar-refractivity contribution in [3.05, 3.63) is 35.9 Å². The first kappa shape index (κ1) is 13.2. The van der Waals surface area contributed by atoms with Crippen LogP contribution in [0, 0.1) is 5.92 Å². The highest BCUT2D eigenvalue weighted by atomic mass is 16.3. The van der Waals surface area contributed by atoms with Crippen molar-refractivity contribution < 1.29 is 5.11 Å². The van der Waals surface area contributed by atoms with Gasteiger partial charge in [0, 0.05) is 0 Å². The lowest BCUT2D eigenvalue weighted by molar-refractivity contribution is -0.0213. The van der Waals surface area contributed by atoms with E-state index in [1.54, 1.807) is 0 Å². The van der Waals surface area contributed by atoms with Crippen molar-refractivity contribution in [1.82, 2.24) is 0 Å². The summed E-state index contributed by atoms with van der Waals surface area (Å²) in [5, 5.41) is 10.8. The summed E-state index contributed by atoms with van der Waals surface area (Å²) in [5.41, 5.74) is 1.12. The smallest absolute Gasteiger partial charge is 0.0650 e. The largest absolute Gasteiger partial charge is 0.390 e. The van der Waals surface area contributed by atoms with E-state index in [0.717, 1.165) is 38.0 Å². The summed E-state index contributed by atoms with van der Waals surface area (Å²) in [4.78, 5) is 0. The molecule has 19 heavy (non-hydrogen) atoms. The van der Waals surface area contributed by atoms with Crippen LogP contribution < -0.4 is 0 Å². The van der Waals surface area contributed by atoms with Gasteiger partial charge in [-0.25, -0.2) is 0 Å². The molecule has 1 N–H and O–H groups in total. The van der Waals surface area contributed by atoms with E-state index in [9.17, 15) is 5.11 Å². The maximum atomic E-state index is 10.8. The molecule has 2 aliphatic carbocycles. The maximum absolute atomic E-state index is 10.8. The Kier molecular flexibility index (Phi) is 3.93. The Balaban J connectivity index is 1.56. The Hall–Kier alpha value is -0.820. The van der Waals surface area contributed by atoms with Gasteiger partial charge in [0.2, 0.25) is 0 Å². The zero-order valence-electron chi connectivity index (χ0n) is 11.9. The Morgan fingerprint density at radius 1 is 0.947 bits per heavy atom. The molecule has 1 aromatic rings. The van der Waals surface area contributed by atoms with Crippen molar-refractivity contribution in [3.8, 4) is 0 Å². The second-order valence-corrected chi connectivity index (χ2v) is 6.76. The van der Waals surface area contributed by atoms with Crippen molar-refractivity contribution in [3.63, 3.8) is 0 Å². The third-order valence-electron chi connectivity index (χ3n) is 5.33. The van der Waals surface area contributed by atoms with Gasteiger partial charge in [-0.15, -0.1) is 0 Å². The Labute approximate surface area is 117 Å². The molecule has 104 valence electrons. The van der Waals surface area contributed by atoms with Gasteiger partial charge in [0.1, 0.15) is 0 Å². The molecule has 0 atom stereocenters. The van der Waals surface area contributed by atoms with Crippen molar-refractivity contribution in [2.45, 2.75) is 69.3 Å². The molecule has 2 saturated carbocycles. The van der Waals surface area contributed by atoms with E-state index in [2.05, 4.69) is 30.3 Å². The van der Waals surface area contributed by atoms with Gasteiger partial charge in [-0.05, 0) is 49.5 Å². The third kappa shape index (κ3) is 3.20. The van der Waals surface area contributed by atoms with Gasteiger partial charge in [0.25, 0.3) is 0 Å². The van der Waals surface area contributed by atoms with Gasteiger partial charge in [-0.3, -0.25) is 0 Å². The quantitative estimate of drug-likeness (QED) is 0.836. The molecule has 0 heterocycles. The standard InChI is InChI=1S/C18H26O/c19-18(14-15-6-4-5-7-15)12-10-17(11-13-18)16-8-2-1-3-9-16/h1-3,8-9,15,17,19H,4-7,10-14H2. The number of aliphatic hydroxyl groups is 1. The first-order valence-corrected chi connectivity index (χ1v) is 8.02. The average molecular weight is 258 g/mol. The van der Waals surface area contributed by atoms with E-state index >= 15 is 0 Å². The van der Waals surface area contributed by atoms with E-state index in [1.807, 2.05) is 0 Å². The maximum Gasteiger partial charge on any atom is 0.0650 e. The van der Waals surface area contributed by atoms with Crippen LogP contribution in [-0.4, -0.2) is 10.7 Å². The first-order chi connectivity index (χ1) is 9.25. The Bertz CT molecular complexity index is 383. The molecule has 0 unspecified atom stereocenters. The summed E-state index contributed by atoms with van der Waals surface area (Å²) < 4.78 is 0. The van der Waals surface area contributed by atoms with Crippen LogP contribution in [0.25, 0.3) is 0 Å². The molecule has 3 rings (SSSR count). The van der Waals surface area contributed by atoms with Gasteiger partial charge in [-0.2, -0.15) is 0 Å². The van der Waals surface area contributed by atoms with Crippen molar-refractivity contribution in [2.24, 2.45) is 5.92 Å². The lowest BCUT2D eigenvalue weighted by Crippen LogP contribution is -2.35. The summed E-state index contributed by atoms with van der Waals surface area (Å²) in [5.74, 6) is 1.48. The highest BCUT2D eigenvalue weighted by Crippen LogP contribution is 2.43. The highest BCUT2D eigenvalue weighted by Gasteiger charge is 2.36. The normalized spacial score (nSPS) is 32.6. The van der Waals surface area contributed by atoms with Gasteiger partial charge in [0.05, 0.1) is 5.60 Å². The van der Waals surface area contributed by atoms with Crippen LogP contribution in [0.1, 0.15) is 69.3 Å². The lowest BCUT2D eigenvalue weighted by atomic mass is 9.72. The van der Waals surface area contributed by atoms with Crippen LogP contribution in [0.2, 0.25) is 0 Å². The predicted molar refractivity (Wildman–Crippen MR) is 79.2 cm³/mol. The molecule has 0 aromatic heterocycles. The Morgan fingerprint density at radius 2 is 1.58 bits per heavy atom. The lowest BCUT2D eigenvalue weighted by Gasteiger charge is -2.38. The fraction of sp³-hybridized carbons (Fsp3) is 0.667. The van der Waals surface area contributed by atoms with E-state index < -0.39 is 0 Å². The zero-order chi connectivity index (χ0) is 13.1. The SMILES string of the molecule is OC1(CC2CCCC2)CCC(c2ccccc2)CC1. The predicted octanol–water partition coefficient (Wildman–Crippen LogP) is 4.66. The summed E-state index contributed by atoms with van der Waals surface area (Å²) in [6, 6.07) is 10.8. The molecular formula is C18H26O. The minimum absolute atomic E-state index is 0.347. The molecule has 1 aromatic carbocycles. The fourth-order valence-electron chi connectivity index (χ4n) is 4.17. The van der Waals surface area contributed by atoms with E-state index in [0.29, 0.717) is 5.92 Å². The van der Waals surface area contributed by atoms with Crippen molar-refractivity contribution in [2.75, 3.05) is 0 Å². The van der Waals surface area contributed by atoms with Gasteiger partial charge in [-0.1, -0.05) is 56.0 Å². The number of hydrogen-bond donors (Lipinski definition) is 1. The molecular weight excluding hydrogens is 232 g/mol. The molecule has 0 bridgehead atoms. The van der Waals surface area contributed by atoms with Gasteiger partial charge in [0.15, 0.2) is 0 Å². The molecule has 0 aliphatic heterocycles. The minimum Gasteiger partial charge on any atom is -0.390 e. The van der Waals surface area contributed by atoms with Crippen molar-refractivity contribution in [1.29, 1.82) is 0 Å². The van der Waals surface area contributed by atoms with E-state index in [1.165, 1.54) is 31.2 Å². The zero-order valence-corrected chi connectivity index (χ0v) is 11.9.